The van der Waals surface area contributed by atoms with Crippen LogP contribution in [-0.2, 0) is 11.4 Å². The van der Waals surface area contributed by atoms with Gasteiger partial charge >= 0.3 is 0 Å². The molecule has 4 nitrogen and oxygen atoms in total. The van der Waals surface area contributed by atoms with Crippen molar-refractivity contribution >= 4 is 35.2 Å². The van der Waals surface area contributed by atoms with Gasteiger partial charge in [-0.2, -0.15) is 5.26 Å². The summed E-state index contributed by atoms with van der Waals surface area (Å²) < 4.78 is 5.91. The minimum atomic E-state index is -0.446. The third-order valence-electron chi connectivity index (χ3n) is 4.61. The lowest BCUT2D eigenvalue weighted by Crippen LogP contribution is -2.27. The second-order valence-electron chi connectivity index (χ2n) is 6.85. The Balaban J connectivity index is 1.75. The standard InChI is InChI=1S/C25H20Cl2N2O2/c1-17(19-7-3-2-4-8-19)29-25(30)21(15-28)14-20-9-5-6-10-24(20)31-16-18-11-12-22(26)23(27)13-18/h2-14,17H,16H2,1H3,(H,29,30)/b21-14+. The molecule has 0 radical (unpaired) electrons. The lowest BCUT2D eigenvalue weighted by atomic mass is 10.1. The van der Waals surface area contributed by atoms with E-state index in [4.69, 9.17) is 27.9 Å². The van der Waals surface area contributed by atoms with Crippen molar-refractivity contribution < 1.29 is 9.53 Å². The van der Waals surface area contributed by atoms with Crippen molar-refractivity contribution in [3.05, 3.63) is 105 Å². The van der Waals surface area contributed by atoms with Crippen molar-refractivity contribution in [1.29, 1.82) is 5.26 Å². The van der Waals surface area contributed by atoms with Crippen LogP contribution in [-0.4, -0.2) is 5.91 Å². The van der Waals surface area contributed by atoms with Crippen LogP contribution in [0.5, 0.6) is 5.75 Å². The van der Waals surface area contributed by atoms with Gasteiger partial charge in [0.15, 0.2) is 0 Å². The maximum Gasteiger partial charge on any atom is 0.262 e. The number of carbonyl (C=O) groups excluding carboxylic acids is 1. The molecule has 3 rings (SSSR count). The van der Waals surface area contributed by atoms with E-state index in [0.717, 1.165) is 11.1 Å². The number of benzene rings is 3. The van der Waals surface area contributed by atoms with Crippen LogP contribution in [0.3, 0.4) is 0 Å². The van der Waals surface area contributed by atoms with E-state index in [-0.39, 0.29) is 18.2 Å². The van der Waals surface area contributed by atoms with Crippen LogP contribution in [0.2, 0.25) is 10.0 Å². The average molecular weight is 451 g/mol. The summed E-state index contributed by atoms with van der Waals surface area (Å²) in [7, 11) is 0. The Bertz CT molecular complexity index is 1140. The minimum Gasteiger partial charge on any atom is -0.488 e. The molecule has 3 aromatic carbocycles. The molecular weight excluding hydrogens is 431 g/mol. The maximum atomic E-state index is 12.7. The first kappa shape index (κ1) is 22.4. The SMILES string of the molecule is CC(NC(=O)/C(C#N)=C/c1ccccc1OCc1ccc(Cl)c(Cl)c1)c1ccccc1. The fourth-order valence-electron chi connectivity index (χ4n) is 2.93. The Labute approximate surface area is 191 Å². The van der Waals surface area contributed by atoms with Gasteiger partial charge in [0, 0.05) is 5.56 Å². The first-order chi connectivity index (χ1) is 15.0. The molecule has 156 valence electrons. The fraction of sp³-hybridized carbons (Fsp3) is 0.120. The summed E-state index contributed by atoms with van der Waals surface area (Å²) >= 11 is 12.0. The number of nitriles is 1. The zero-order valence-corrected chi connectivity index (χ0v) is 18.3. The number of carbonyl (C=O) groups is 1. The van der Waals surface area contributed by atoms with Gasteiger partial charge in [0.05, 0.1) is 16.1 Å². The molecule has 0 aliphatic heterocycles. The molecule has 0 heterocycles. The van der Waals surface area contributed by atoms with Crippen molar-refractivity contribution in [3.8, 4) is 11.8 Å². The molecular formula is C25H20Cl2N2O2. The molecule has 1 atom stereocenters. The van der Waals surface area contributed by atoms with Gasteiger partial charge in [-0.1, -0.05) is 77.8 Å². The quantitative estimate of drug-likeness (QED) is 0.336. The lowest BCUT2D eigenvalue weighted by Gasteiger charge is -2.14. The van der Waals surface area contributed by atoms with Crippen molar-refractivity contribution in [3.63, 3.8) is 0 Å². The van der Waals surface area contributed by atoms with Crippen molar-refractivity contribution in [1.82, 2.24) is 5.32 Å². The van der Waals surface area contributed by atoms with E-state index >= 15 is 0 Å². The highest BCUT2D eigenvalue weighted by Gasteiger charge is 2.14. The first-order valence-electron chi connectivity index (χ1n) is 9.61. The van der Waals surface area contributed by atoms with Gasteiger partial charge in [-0.15, -0.1) is 0 Å². The Morgan fingerprint density at radius 2 is 1.77 bits per heavy atom. The largest absolute Gasteiger partial charge is 0.488 e. The lowest BCUT2D eigenvalue weighted by molar-refractivity contribution is -0.117. The van der Waals surface area contributed by atoms with Crippen molar-refractivity contribution in [2.24, 2.45) is 0 Å². The predicted octanol–water partition coefficient (Wildman–Crippen LogP) is 6.36. The van der Waals surface area contributed by atoms with E-state index in [2.05, 4.69) is 5.32 Å². The number of nitrogens with one attached hydrogen (secondary N) is 1. The van der Waals surface area contributed by atoms with Gasteiger partial charge in [-0.25, -0.2) is 0 Å². The van der Waals surface area contributed by atoms with Gasteiger partial charge in [0.1, 0.15) is 24.0 Å². The molecule has 1 N–H and O–H groups in total. The predicted molar refractivity (Wildman–Crippen MR) is 124 cm³/mol. The van der Waals surface area contributed by atoms with Gasteiger partial charge in [-0.05, 0) is 42.3 Å². The fourth-order valence-corrected chi connectivity index (χ4v) is 3.25. The molecule has 0 saturated carbocycles. The van der Waals surface area contributed by atoms with Crippen molar-refractivity contribution in [2.45, 2.75) is 19.6 Å². The second-order valence-corrected chi connectivity index (χ2v) is 7.67. The van der Waals surface area contributed by atoms with Crippen LogP contribution in [0.25, 0.3) is 6.08 Å². The molecule has 1 unspecified atom stereocenters. The number of hydrogen-bond donors (Lipinski definition) is 1. The van der Waals surface area contributed by atoms with Gasteiger partial charge in [-0.3, -0.25) is 4.79 Å². The molecule has 3 aromatic rings. The summed E-state index contributed by atoms with van der Waals surface area (Å²) in [4.78, 5) is 12.7. The number of nitrogens with zero attached hydrogens (tertiary/aromatic N) is 1. The number of rotatable bonds is 7. The molecule has 0 aliphatic carbocycles. The summed E-state index contributed by atoms with van der Waals surface area (Å²) in [6, 6.07) is 23.8. The minimum absolute atomic E-state index is 0.00614. The van der Waals surface area contributed by atoms with E-state index in [0.29, 0.717) is 21.4 Å². The van der Waals surface area contributed by atoms with E-state index < -0.39 is 5.91 Å². The van der Waals surface area contributed by atoms with Crippen molar-refractivity contribution in [2.75, 3.05) is 0 Å². The molecule has 1 amide bonds. The summed E-state index contributed by atoms with van der Waals surface area (Å²) in [5.41, 5.74) is 2.43. The smallest absolute Gasteiger partial charge is 0.262 e. The highest BCUT2D eigenvalue weighted by atomic mass is 35.5. The zero-order valence-electron chi connectivity index (χ0n) is 16.8. The third kappa shape index (κ3) is 6.11. The first-order valence-corrected chi connectivity index (χ1v) is 10.4. The van der Waals surface area contributed by atoms with Crippen LogP contribution >= 0.6 is 23.2 Å². The molecule has 0 aliphatic rings. The van der Waals surface area contributed by atoms with Gasteiger partial charge < -0.3 is 10.1 Å². The highest BCUT2D eigenvalue weighted by molar-refractivity contribution is 6.42. The van der Waals surface area contributed by atoms with E-state index in [9.17, 15) is 10.1 Å². The molecule has 0 saturated heterocycles. The molecule has 0 spiro atoms. The summed E-state index contributed by atoms with van der Waals surface area (Å²) in [5, 5.41) is 13.3. The van der Waals surface area contributed by atoms with Crippen LogP contribution < -0.4 is 10.1 Å². The monoisotopic (exact) mass is 450 g/mol. The van der Waals surface area contributed by atoms with E-state index in [1.807, 2.05) is 61.5 Å². The Hall–Kier alpha value is -3.26. The summed E-state index contributed by atoms with van der Waals surface area (Å²) in [6.45, 7) is 2.14. The van der Waals surface area contributed by atoms with Gasteiger partial charge in [0.25, 0.3) is 5.91 Å². The Kier molecular flexibility index (Phi) is 7.72. The van der Waals surface area contributed by atoms with Crippen LogP contribution in [0.4, 0.5) is 0 Å². The van der Waals surface area contributed by atoms with Crippen LogP contribution in [0.1, 0.15) is 29.7 Å². The topological polar surface area (TPSA) is 62.1 Å². The molecule has 0 aromatic heterocycles. The maximum absolute atomic E-state index is 12.7. The molecule has 6 heteroatoms. The molecule has 0 fully saturated rings. The van der Waals surface area contributed by atoms with E-state index in [1.54, 1.807) is 24.3 Å². The van der Waals surface area contributed by atoms with Crippen LogP contribution in [0.15, 0.2) is 78.4 Å². The highest BCUT2D eigenvalue weighted by Crippen LogP contribution is 2.25. The third-order valence-corrected chi connectivity index (χ3v) is 5.35. The van der Waals surface area contributed by atoms with Gasteiger partial charge in [0.2, 0.25) is 0 Å². The number of halogens is 2. The normalized spacial score (nSPS) is 12.0. The summed E-state index contributed by atoms with van der Waals surface area (Å²) in [5.74, 6) is 0.100. The summed E-state index contributed by atoms with van der Waals surface area (Å²) in [6.07, 6.45) is 1.53. The Morgan fingerprint density at radius 3 is 2.48 bits per heavy atom. The zero-order chi connectivity index (χ0) is 22.2. The van der Waals surface area contributed by atoms with Crippen LogP contribution in [0, 0.1) is 11.3 Å². The number of ether oxygens (including phenoxy) is 1. The number of para-hydroxylation sites is 1. The second kappa shape index (κ2) is 10.7. The van der Waals surface area contributed by atoms with E-state index in [1.165, 1.54) is 6.08 Å². The Morgan fingerprint density at radius 1 is 1.06 bits per heavy atom. The number of amides is 1. The molecule has 0 bridgehead atoms. The average Bonchev–Trinajstić information content (AvgIpc) is 2.79. The number of hydrogen-bond acceptors (Lipinski definition) is 3. The molecule has 31 heavy (non-hydrogen) atoms.